The highest BCUT2D eigenvalue weighted by atomic mass is 32.2. The molecule has 1 aliphatic rings. The molecule has 37 heavy (non-hydrogen) atoms. The van der Waals surface area contributed by atoms with Crippen LogP contribution in [-0.2, 0) is 29.5 Å². The number of aromatic nitrogens is 3. The Morgan fingerprint density at radius 2 is 1.57 bits per heavy atom. The van der Waals surface area contributed by atoms with Gasteiger partial charge < -0.3 is 14.8 Å². The first kappa shape index (κ1) is 28.1. The SMILES string of the molecule is CCCN(CCCSc1nnc(-c2ccccc2)n1C)C1Cc2ccccc2C1.O=C(O)/C=C/C(=O)O. The number of carboxylic acid groups (broad SMARTS) is 2. The summed E-state index contributed by atoms with van der Waals surface area (Å²) in [4.78, 5) is 21.8. The van der Waals surface area contributed by atoms with E-state index in [4.69, 9.17) is 10.2 Å². The van der Waals surface area contributed by atoms with Gasteiger partial charge in [0.05, 0.1) is 0 Å². The lowest BCUT2D eigenvalue weighted by atomic mass is 10.1. The van der Waals surface area contributed by atoms with Gasteiger partial charge in [-0.2, -0.15) is 0 Å². The van der Waals surface area contributed by atoms with Crippen LogP contribution < -0.4 is 0 Å². The molecule has 3 aromatic rings. The van der Waals surface area contributed by atoms with Crippen molar-refractivity contribution >= 4 is 23.7 Å². The van der Waals surface area contributed by atoms with Crippen LogP contribution in [-0.4, -0.2) is 66.7 Å². The second kappa shape index (κ2) is 14.3. The molecule has 4 rings (SSSR count). The Kier molecular flexibility index (Phi) is 10.9. The molecule has 0 saturated heterocycles. The monoisotopic (exact) mass is 522 g/mol. The van der Waals surface area contributed by atoms with Gasteiger partial charge in [0.25, 0.3) is 0 Å². The molecule has 0 saturated carbocycles. The fraction of sp³-hybridized carbons (Fsp3) is 0.357. The van der Waals surface area contributed by atoms with E-state index in [0.29, 0.717) is 18.2 Å². The highest BCUT2D eigenvalue weighted by Gasteiger charge is 2.25. The molecule has 0 aliphatic heterocycles. The van der Waals surface area contributed by atoms with Gasteiger partial charge in [-0.3, -0.25) is 4.90 Å². The van der Waals surface area contributed by atoms with E-state index in [1.54, 1.807) is 11.1 Å². The molecule has 1 heterocycles. The molecule has 8 nitrogen and oxygen atoms in total. The Bertz CT molecular complexity index is 1150. The van der Waals surface area contributed by atoms with Crippen LogP contribution >= 0.6 is 11.8 Å². The molecule has 0 amide bonds. The van der Waals surface area contributed by atoms with Crippen LogP contribution in [0.4, 0.5) is 0 Å². The molecule has 2 N–H and O–H groups in total. The first-order valence-corrected chi connectivity index (χ1v) is 13.4. The normalized spacial score (nSPS) is 12.9. The highest BCUT2D eigenvalue weighted by molar-refractivity contribution is 7.99. The highest BCUT2D eigenvalue weighted by Crippen LogP contribution is 2.27. The smallest absolute Gasteiger partial charge is 0.328 e. The summed E-state index contributed by atoms with van der Waals surface area (Å²) in [5, 5.41) is 25.4. The molecular weight excluding hydrogens is 488 g/mol. The van der Waals surface area contributed by atoms with Crippen molar-refractivity contribution in [2.24, 2.45) is 7.05 Å². The Morgan fingerprint density at radius 3 is 2.14 bits per heavy atom. The zero-order chi connectivity index (χ0) is 26.6. The van der Waals surface area contributed by atoms with Crippen LogP contribution in [0.3, 0.4) is 0 Å². The van der Waals surface area contributed by atoms with Gasteiger partial charge >= 0.3 is 11.9 Å². The summed E-state index contributed by atoms with van der Waals surface area (Å²) in [5.74, 6) is -0.509. The average molecular weight is 523 g/mol. The molecule has 1 aromatic heterocycles. The lowest BCUT2D eigenvalue weighted by Crippen LogP contribution is -2.37. The number of carboxylic acids is 2. The van der Waals surface area contributed by atoms with E-state index in [9.17, 15) is 9.59 Å². The van der Waals surface area contributed by atoms with Crippen LogP contribution in [0.25, 0.3) is 11.4 Å². The third kappa shape index (κ3) is 8.58. The largest absolute Gasteiger partial charge is 0.478 e. The summed E-state index contributed by atoms with van der Waals surface area (Å²) >= 11 is 1.82. The van der Waals surface area contributed by atoms with Crippen molar-refractivity contribution in [2.45, 2.75) is 43.8 Å². The molecule has 0 bridgehead atoms. The predicted octanol–water partition coefficient (Wildman–Crippen LogP) is 4.56. The average Bonchev–Trinajstić information content (AvgIpc) is 3.49. The third-order valence-electron chi connectivity index (χ3n) is 6.11. The molecule has 1 aliphatic carbocycles. The van der Waals surface area contributed by atoms with Gasteiger partial charge in [0, 0.05) is 36.6 Å². The summed E-state index contributed by atoms with van der Waals surface area (Å²) in [6, 6.07) is 19.9. The van der Waals surface area contributed by atoms with Crippen LogP contribution in [0.15, 0.2) is 71.9 Å². The van der Waals surface area contributed by atoms with Crippen LogP contribution in [0.2, 0.25) is 0 Å². The molecule has 0 radical (unpaired) electrons. The van der Waals surface area contributed by atoms with Gasteiger partial charge in [0.15, 0.2) is 11.0 Å². The Hall–Kier alpha value is -3.43. The van der Waals surface area contributed by atoms with E-state index in [1.165, 1.54) is 32.2 Å². The van der Waals surface area contributed by atoms with Crippen molar-refractivity contribution in [3.63, 3.8) is 0 Å². The minimum Gasteiger partial charge on any atom is -0.478 e. The lowest BCUT2D eigenvalue weighted by molar-refractivity contribution is -0.134. The van der Waals surface area contributed by atoms with Gasteiger partial charge in [-0.05, 0) is 49.9 Å². The van der Waals surface area contributed by atoms with Gasteiger partial charge in [0.2, 0.25) is 0 Å². The molecule has 2 aromatic carbocycles. The van der Waals surface area contributed by atoms with Crippen molar-refractivity contribution in [3.8, 4) is 11.4 Å². The lowest BCUT2D eigenvalue weighted by Gasteiger charge is -2.28. The number of hydrogen-bond acceptors (Lipinski definition) is 6. The number of fused-ring (bicyclic) bond motifs is 1. The van der Waals surface area contributed by atoms with Gasteiger partial charge in [0.1, 0.15) is 0 Å². The Labute approximate surface area is 222 Å². The van der Waals surface area contributed by atoms with Gasteiger partial charge in [-0.15, -0.1) is 10.2 Å². The number of thioether (sulfide) groups is 1. The maximum atomic E-state index is 9.55. The predicted molar refractivity (Wildman–Crippen MR) is 146 cm³/mol. The van der Waals surface area contributed by atoms with E-state index in [-0.39, 0.29) is 0 Å². The second-order valence-corrected chi connectivity index (χ2v) is 9.87. The number of benzene rings is 2. The summed E-state index contributed by atoms with van der Waals surface area (Å²) < 4.78 is 2.11. The number of hydrogen-bond donors (Lipinski definition) is 2. The summed E-state index contributed by atoms with van der Waals surface area (Å²) in [5.41, 5.74) is 4.20. The van der Waals surface area contributed by atoms with Crippen LogP contribution in [0.5, 0.6) is 0 Å². The topological polar surface area (TPSA) is 109 Å². The zero-order valence-electron chi connectivity index (χ0n) is 21.3. The number of aliphatic carboxylic acids is 2. The van der Waals surface area contributed by atoms with E-state index in [0.717, 1.165) is 28.8 Å². The number of nitrogens with zero attached hydrogens (tertiary/aromatic N) is 4. The standard InChI is InChI=1S/C24H30N4S.C4H4O4/c1-3-14-28(22-17-20-12-7-8-13-21(20)18-22)15-9-16-29-24-26-25-23(27(24)2)19-10-5-4-6-11-19;5-3(6)1-2-4(7)8/h4-8,10-13,22H,3,9,14-18H2,1-2H3;1-2H,(H,5,6)(H,7,8)/b;2-1+. The van der Waals surface area contributed by atoms with Crippen LogP contribution in [0, 0.1) is 0 Å². The zero-order valence-corrected chi connectivity index (χ0v) is 22.1. The van der Waals surface area contributed by atoms with Crippen molar-refractivity contribution in [1.29, 1.82) is 0 Å². The minimum absolute atomic E-state index is 0.558. The van der Waals surface area contributed by atoms with Gasteiger partial charge in [-0.25, -0.2) is 9.59 Å². The van der Waals surface area contributed by atoms with E-state index >= 15 is 0 Å². The second-order valence-electron chi connectivity index (χ2n) is 8.81. The number of carbonyl (C=O) groups is 2. The fourth-order valence-electron chi connectivity index (χ4n) is 4.41. The van der Waals surface area contributed by atoms with E-state index in [2.05, 4.69) is 70.0 Å². The summed E-state index contributed by atoms with van der Waals surface area (Å²) in [7, 11) is 2.06. The van der Waals surface area contributed by atoms with E-state index in [1.807, 2.05) is 30.0 Å². The molecule has 0 atom stereocenters. The first-order valence-electron chi connectivity index (χ1n) is 12.4. The number of rotatable bonds is 11. The molecule has 0 spiro atoms. The molecule has 0 fully saturated rings. The summed E-state index contributed by atoms with van der Waals surface area (Å²) in [6.07, 6.45) is 5.90. The Balaban J connectivity index is 0.000000414. The van der Waals surface area contributed by atoms with Crippen molar-refractivity contribution in [2.75, 3.05) is 18.8 Å². The first-order chi connectivity index (χ1) is 17.9. The quantitative estimate of drug-likeness (QED) is 0.214. The third-order valence-corrected chi connectivity index (χ3v) is 7.22. The minimum atomic E-state index is -1.26. The van der Waals surface area contributed by atoms with Crippen molar-refractivity contribution in [1.82, 2.24) is 19.7 Å². The maximum absolute atomic E-state index is 9.55. The van der Waals surface area contributed by atoms with Crippen molar-refractivity contribution in [3.05, 3.63) is 77.9 Å². The van der Waals surface area contributed by atoms with Crippen molar-refractivity contribution < 1.29 is 19.8 Å². The molecular formula is C28H34N4O4S. The summed E-state index contributed by atoms with van der Waals surface area (Å²) in [6.45, 7) is 4.63. The molecule has 0 unspecified atom stereocenters. The maximum Gasteiger partial charge on any atom is 0.328 e. The van der Waals surface area contributed by atoms with Gasteiger partial charge in [-0.1, -0.05) is 73.3 Å². The molecule has 9 heteroatoms. The molecule has 196 valence electrons. The van der Waals surface area contributed by atoms with Crippen LogP contribution in [0.1, 0.15) is 30.9 Å². The Morgan fingerprint density at radius 1 is 0.973 bits per heavy atom. The van der Waals surface area contributed by atoms with E-state index < -0.39 is 11.9 Å². The fourth-order valence-corrected chi connectivity index (χ4v) is 5.25.